The summed E-state index contributed by atoms with van der Waals surface area (Å²) in [5.74, 6) is -0.0845. The molecule has 2 rings (SSSR count). The first-order valence-corrected chi connectivity index (χ1v) is 9.85. The Balaban J connectivity index is 1.94. The number of halogens is 2. The highest BCUT2D eigenvalue weighted by atomic mass is 35.5. The minimum absolute atomic E-state index is 0.0845. The van der Waals surface area contributed by atoms with E-state index < -0.39 is 0 Å². The van der Waals surface area contributed by atoms with Crippen LogP contribution in [0.15, 0.2) is 22.5 Å². The fourth-order valence-corrected chi connectivity index (χ4v) is 4.49. The van der Waals surface area contributed by atoms with Crippen LogP contribution < -0.4 is 10.6 Å². The van der Waals surface area contributed by atoms with E-state index in [1.807, 2.05) is 26.8 Å². The van der Waals surface area contributed by atoms with Crippen molar-refractivity contribution in [1.82, 2.24) is 15.5 Å². The summed E-state index contributed by atoms with van der Waals surface area (Å²) in [5, 5.41) is 15.7. The SMILES string of the molecule is CCNc1nnc(S[C@H](C)C(=O)N[C@@H](C)c2ccc(Cl)cc2Cl)s1. The second kappa shape index (κ2) is 8.89. The van der Waals surface area contributed by atoms with Gasteiger partial charge in [-0.1, -0.05) is 52.4 Å². The first-order chi connectivity index (χ1) is 11.4. The van der Waals surface area contributed by atoms with Crippen molar-refractivity contribution >= 4 is 57.3 Å². The minimum atomic E-state index is -0.291. The van der Waals surface area contributed by atoms with E-state index in [0.717, 1.165) is 21.6 Å². The average Bonchev–Trinajstić information content (AvgIpc) is 2.94. The van der Waals surface area contributed by atoms with Gasteiger partial charge < -0.3 is 10.6 Å². The van der Waals surface area contributed by atoms with Crippen LogP contribution in [0.1, 0.15) is 32.4 Å². The maximum atomic E-state index is 12.4. The maximum absolute atomic E-state index is 12.4. The molecule has 5 nitrogen and oxygen atoms in total. The summed E-state index contributed by atoms with van der Waals surface area (Å²) < 4.78 is 0.755. The van der Waals surface area contributed by atoms with Gasteiger partial charge in [0.25, 0.3) is 0 Å². The quantitative estimate of drug-likeness (QED) is 0.658. The molecular formula is C15H18Cl2N4OS2. The van der Waals surface area contributed by atoms with Gasteiger partial charge >= 0.3 is 0 Å². The standard InChI is InChI=1S/C15H18Cl2N4OS2/c1-4-18-14-20-21-15(24-14)23-9(3)13(22)19-8(2)11-6-5-10(16)7-12(11)17/h5-9H,4H2,1-3H3,(H,18,20)(H,19,22)/t8-,9+/m0/s1. The number of nitrogens with zero attached hydrogens (tertiary/aromatic N) is 2. The second-order valence-corrected chi connectivity index (χ2v) is 8.47. The number of benzene rings is 1. The van der Waals surface area contributed by atoms with Gasteiger partial charge in [0, 0.05) is 16.6 Å². The minimum Gasteiger partial charge on any atom is -0.360 e. The van der Waals surface area contributed by atoms with Gasteiger partial charge in [-0.25, -0.2) is 0 Å². The van der Waals surface area contributed by atoms with E-state index >= 15 is 0 Å². The maximum Gasteiger partial charge on any atom is 0.233 e. The van der Waals surface area contributed by atoms with Crippen LogP contribution in [-0.2, 0) is 4.79 Å². The molecular weight excluding hydrogens is 387 g/mol. The molecule has 2 aromatic rings. The first kappa shape index (κ1) is 19.3. The number of hydrogen-bond acceptors (Lipinski definition) is 6. The lowest BCUT2D eigenvalue weighted by Crippen LogP contribution is -2.33. The fraction of sp³-hybridized carbons (Fsp3) is 0.400. The predicted octanol–water partition coefficient (Wildman–Crippen LogP) is 4.63. The number of thioether (sulfide) groups is 1. The molecule has 1 heterocycles. The third-order valence-corrected chi connectivity index (χ3v) is 5.80. The van der Waals surface area contributed by atoms with Crippen molar-refractivity contribution < 1.29 is 4.79 Å². The van der Waals surface area contributed by atoms with Crippen molar-refractivity contribution in [2.24, 2.45) is 0 Å². The summed E-state index contributed by atoms with van der Waals surface area (Å²) in [6, 6.07) is 5.04. The molecule has 0 fully saturated rings. The number of aromatic nitrogens is 2. The van der Waals surface area contributed by atoms with E-state index in [1.54, 1.807) is 12.1 Å². The monoisotopic (exact) mass is 404 g/mol. The van der Waals surface area contributed by atoms with Gasteiger partial charge in [-0.2, -0.15) is 0 Å². The molecule has 0 saturated heterocycles. The van der Waals surface area contributed by atoms with Crippen molar-refractivity contribution in [3.8, 4) is 0 Å². The van der Waals surface area contributed by atoms with E-state index in [1.165, 1.54) is 23.1 Å². The van der Waals surface area contributed by atoms with Gasteiger partial charge in [-0.05, 0) is 38.5 Å². The van der Waals surface area contributed by atoms with E-state index in [-0.39, 0.29) is 17.2 Å². The van der Waals surface area contributed by atoms with Gasteiger partial charge in [-0.15, -0.1) is 10.2 Å². The highest BCUT2D eigenvalue weighted by Gasteiger charge is 2.20. The summed E-state index contributed by atoms with van der Waals surface area (Å²) >= 11 is 14.9. The average molecular weight is 405 g/mol. The Morgan fingerprint density at radius 3 is 2.75 bits per heavy atom. The van der Waals surface area contributed by atoms with Gasteiger partial charge in [0.2, 0.25) is 11.0 Å². The Hall–Kier alpha value is -1.02. The van der Waals surface area contributed by atoms with Crippen LogP contribution in [-0.4, -0.2) is 27.9 Å². The molecule has 0 bridgehead atoms. The van der Waals surface area contributed by atoms with Crippen molar-refractivity contribution in [1.29, 1.82) is 0 Å². The summed E-state index contributed by atoms with van der Waals surface area (Å²) in [4.78, 5) is 12.4. The number of anilines is 1. The second-order valence-electron chi connectivity index (χ2n) is 5.06. The number of carbonyl (C=O) groups is 1. The number of nitrogens with one attached hydrogen (secondary N) is 2. The molecule has 0 aliphatic heterocycles. The van der Waals surface area contributed by atoms with Gasteiger partial charge in [0.15, 0.2) is 4.34 Å². The van der Waals surface area contributed by atoms with E-state index in [2.05, 4.69) is 20.8 Å². The molecule has 1 aromatic carbocycles. The van der Waals surface area contributed by atoms with Crippen LogP contribution in [0.4, 0.5) is 5.13 Å². The first-order valence-electron chi connectivity index (χ1n) is 7.40. The molecule has 9 heteroatoms. The summed E-state index contributed by atoms with van der Waals surface area (Å²) in [7, 11) is 0. The van der Waals surface area contributed by atoms with E-state index in [0.29, 0.717) is 10.0 Å². The number of amides is 1. The summed E-state index contributed by atoms with van der Waals surface area (Å²) in [6.45, 7) is 6.51. The molecule has 2 atom stereocenters. The number of hydrogen-bond donors (Lipinski definition) is 2. The van der Waals surface area contributed by atoms with E-state index in [9.17, 15) is 4.79 Å². The molecule has 130 valence electrons. The Bertz CT molecular complexity index is 711. The normalized spacial score (nSPS) is 13.4. The predicted molar refractivity (Wildman–Crippen MR) is 102 cm³/mol. The summed E-state index contributed by atoms with van der Waals surface area (Å²) in [6.07, 6.45) is 0. The lowest BCUT2D eigenvalue weighted by atomic mass is 10.1. The highest BCUT2D eigenvalue weighted by molar-refractivity contribution is 8.02. The zero-order valence-corrected chi connectivity index (χ0v) is 16.6. The zero-order chi connectivity index (χ0) is 17.7. The summed E-state index contributed by atoms with van der Waals surface area (Å²) in [5.41, 5.74) is 0.831. The van der Waals surface area contributed by atoms with Crippen LogP contribution in [0.3, 0.4) is 0 Å². The molecule has 0 spiro atoms. The number of carbonyl (C=O) groups excluding carboxylic acids is 1. The van der Waals surface area contributed by atoms with Crippen LogP contribution >= 0.6 is 46.3 Å². The van der Waals surface area contributed by atoms with Crippen LogP contribution in [0.5, 0.6) is 0 Å². The highest BCUT2D eigenvalue weighted by Crippen LogP contribution is 2.30. The Labute approximate surface area is 159 Å². The van der Waals surface area contributed by atoms with Crippen molar-refractivity contribution in [3.63, 3.8) is 0 Å². The largest absolute Gasteiger partial charge is 0.360 e. The molecule has 1 amide bonds. The van der Waals surface area contributed by atoms with Crippen LogP contribution in [0.2, 0.25) is 10.0 Å². The molecule has 0 aliphatic rings. The van der Waals surface area contributed by atoms with Crippen LogP contribution in [0.25, 0.3) is 0 Å². The topological polar surface area (TPSA) is 66.9 Å². The molecule has 0 saturated carbocycles. The number of rotatable bonds is 7. The van der Waals surface area contributed by atoms with Crippen molar-refractivity contribution in [2.75, 3.05) is 11.9 Å². The molecule has 2 N–H and O–H groups in total. The Morgan fingerprint density at radius 2 is 2.08 bits per heavy atom. The lowest BCUT2D eigenvalue weighted by Gasteiger charge is -2.18. The van der Waals surface area contributed by atoms with Gasteiger partial charge in [0.1, 0.15) is 0 Å². The van der Waals surface area contributed by atoms with Gasteiger partial charge in [-0.3, -0.25) is 4.79 Å². The van der Waals surface area contributed by atoms with Gasteiger partial charge in [0.05, 0.1) is 11.3 Å². The molecule has 0 unspecified atom stereocenters. The van der Waals surface area contributed by atoms with Crippen LogP contribution in [0, 0.1) is 0 Å². The van der Waals surface area contributed by atoms with Crippen molar-refractivity contribution in [3.05, 3.63) is 33.8 Å². The molecule has 0 radical (unpaired) electrons. The third-order valence-electron chi connectivity index (χ3n) is 3.17. The smallest absolute Gasteiger partial charge is 0.233 e. The van der Waals surface area contributed by atoms with E-state index in [4.69, 9.17) is 23.2 Å². The Kier molecular flexibility index (Phi) is 7.16. The fourth-order valence-electron chi connectivity index (χ4n) is 1.95. The molecule has 24 heavy (non-hydrogen) atoms. The Morgan fingerprint density at radius 1 is 1.33 bits per heavy atom. The molecule has 1 aromatic heterocycles. The molecule has 0 aliphatic carbocycles. The van der Waals surface area contributed by atoms with Crippen molar-refractivity contribution in [2.45, 2.75) is 36.4 Å². The third kappa shape index (κ3) is 5.24. The lowest BCUT2D eigenvalue weighted by molar-refractivity contribution is -0.120. The zero-order valence-electron chi connectivity index (χ0n) is 13.5.